The highest BCUT2D eigenvalue weighted by atomic mass is 16.5. The van der Waals surface area contributed by atoms with Crippen LogP contribution >= 0.6 is 0 Å². The summed E-state index contributed by atoms with van der Waals surface area (Å²) in [7, 11) is 0. The molecule has 2 aromatic carbocycles. The molecule has 1 aliphatic rings. The summed E-state index contributed by atoms with van der Waals surface area (Å²) in [6.07, 6.45) is 0.680. The molecular weight excluding hydrogens is 368 g/mol. The van der Waals surface area contributed by atoms with E-state index in [0.717, 1.165) is 28.3 Å². The molecule has 1 aromatic heterocycles. The standard InChI is InChI=1S/C22H24N4O3/c1-4-28-17-9-10-20-18(13-17)19(11-12-29-20)23-22(27)21-15(3)26(25-24-21)16-7-5-14(2)6-8-16/h5-10,13,19H,4,11-12H2,1-3H3,(H,23,27). The van der Waals surface area contributed by atoms with Crippen molar-refractivity contribution in [2.75, 3.05) is 13.2 Å². The highest BCUT2D eigenvalue weighted by molar-refractivity contribution is 5.93. The second-order valence-corrected chi connectivity index (χ2v) is 7.07. The highest BCUT2D eigenvalue weighted by Gasteiger charge is 2.26. The molecule has 0 fully saturated rings. The normalized spacial score (nSPS) is 15.3. The number of hydrogen-bond acceptors (Lipinski definition) is 5. The molecule has 150 valence electrons. The fourth-order valence-electron chi connectivity index (χ4n) is 3.48. The summed E-state index contributed by atoms with van der Waals surface area (Å²) in [5.41, 5.74) is 3.96. The van der Waals surface area contributed by atoms with Crippen molar-refractivity contribution in [3.05, 3.63) is 65.0 Å². The van der Waals surface area contributed by atoms with Gasteiger partial charge in [0.25, 0.3) is 5.91 Å². The Morgan fingerprint density at radius 3 is 2.79 bits per heavy atom. The van der Waals surface area contributed by atoms with E-state index in [2.05, 4.69) is 15.6 Å². The molecule has 3 aromatic rings. The van der Waals surface area contributed by atoms with Crippen LogP contribution in [0, 0.1) is 13.8 Å². The van der Waals surface area contributed by atoms with Crippen molar-refractivity contribution in [1.29, 1.82) is 0 Å². The van der Waals surface area contributed by atoms with Gasteiger partial charge >= 0.3 is 0 Å². The predicted molar refractivity (Wildman–Crippen MR) is 109 cm³/mol. The van der Waals surface area contributed by atoms with E-state index in [4.69, 9.17) is 9.47 Å². The van der Waals surface area contributed by atoms with Gasteiger partial charge in [-0.1, -0.05) is 22.9 Å². The van der Waals surface area contributed by atoms with Crippen LogP contribution in [0.15, 0.2) is 42.5 Å². The van der Waals surface area contributed by atoms with Crippen LogP contribution in [0.25, 0.3) is 5.69 Å². The summed E-state index contributed by atoms with van der Waals surface area (Å²) >= 11 is 0. The molecule has 1 atom stereocenters. The molecule has 0 aliphatic carbocycles. The zero-order chi connectivity index (χ0) is 20.4. The zero-order valence-corrected chi connectivity index (χ0v) is 16.8. The molecule has 0 bridgehead atoms. The SMILES string of the molecule is CCOc1ccc2c(c1)C(NC(=O)c1nnn(-c3ccc(C)cc3)c1C)CCO2. The third kappa shape index (κ3) is 3.81. The quantitative estimate of drug-likeness (QED) is 0.719. The van der Waals surface area contributed by atoms with Crippen LogP contribution in [0.4, 0.5) is 0 Å². The van der Waals surface area contributed by atoms with Crippen LogP contribution in [0.2, 0.25) is 0 Å². The van der Waals surface area contributed by atoms with Crippen LogP contribution < -0.4 is 14.8 Å². The summed E-state index contributed by atoms with van der Waals surface area (Å²) < 4.78 is 13.0. The van der Waals surface area contributed by atoms with Crippen molar-refractivity contribution >= 4 is 5.91 Å². The summed E-state index contributed by atoms with van der Waals surface area (Å²) in [4.78, 5) is 13.0. The number of rotatable bonds is 5. The summed E-state index contributed by atoms with van der Waals surface area (Å²) in [6.45, 7) is 6.94. The lowest BCUT2D eigenvalue weighted by molar-refractivity contribution is 0.0918. The smallest absolute Gasteiger partial charge is 0.274 e. The summed E-state index contributed by atoms with van der Waals surface area (Å²) in [6, 6.07) is 13.5. The van der Waals surface area contributed by atoms with E-state index in [1.807, 2.05) is 63.2 Å². The Hall–Kier alpha value is -3.35. The van der Waals surface area contributed by atoms with E-state index < -0.39 is 0 Å². The Morgan fingerprint density at radius 1 is 1.24 bits per heavy atom. The van der Waals surface area contributed by atoms with Gasteiger partial charge in [0.2, 0.25) is 0 Å². The first-order chi connectivity index (χ1) is 14.1. The number of benzene rings is 2. The predicted octanol–water partition coefficient (Wildman–Crippen LogP) is 3.54. The van der Waals surface area contributed by atoms with Crippen molar-refractivity contribution in [3.63, 3.8) is 0 Å². The maximum Gasteiger partial charge on any atom is 0.274 e. The Labute approximate surface area is 169 Å². The molecule has 1 unspecified atom stereocenters. The second-order valence-electron chi connectivity index (χ2n) is 7.07. The van der Waals surface area contributed by atoms with Crippen molar-refractivity contribution < 1.29 is 14.3 Å². The third-order valence-corrected chi connectivity index (χ3v) is 5.03. The molecule has 0 spiro atoms. The van der Waals surface area contributed by atoms with Crippen molar-refractivity contribution in [3.8, 4) is 17.2 Å². The van der Waals surface area contributed by atoms with Crippen molar-refractivity contribution in [2.24, 2.45) is 0 Å². The van der Waals surface area contributed by atoms with Crippen LogP contribution in [0.1, 0.15) is 46.7 Å². The second kappa shape index (κ2) is 7.95. The summed E-state index contributed by atoms with van der Waals surface area (Å²) in [5, 5.41) is 11.4. The molecule has 1 N–H and O–H groups in total. The monoisotopic (exact) mass is 392 g/mol. The average Bonchev–Trinajstić information content (AvgIpc) is 3.11. The van der Waals surface area contributed by atoms with Gasteiger partial charge in [0.15, 0.2) is 5.69 Å². The number of amides is 1. The van der Waals surface area contributed by atoms with Crippen LogP contribution in [-0.4, -0.2) is 34.1 Å². The highest BCUT2D eigenvalue weighted by Crippen LogP contribution is 2.35. The first-order valence-electron chi connectivity index (χ1n) is 9.76. The number of carbonyl (C=O) groups excluding carboxylic acids is 1. The van der Waals surface area contributed by atoms with E-state index >= 15 is 0 Å². The minimum Gasteiger partial charge on any atom is -0.494 e. The van der Waals surface area contributed by atoms with Gasteiger partial charge in [0.05, 0.1) is 30.6 Å². The fraction of sp³-hybridized carbons (Fsp3) is 0.318. The van der Waals surface area contributed by atoms with E-state index in [1.54, 1.807) is 4.68 Å². The minimum atomic E-state index is -0.250. The van der Waals surface area contributed by atoms with Crippen LogP contribution in [-0.2, 0) is 0 Å². The van der Waals surface area contributed by atoms with E-state index in [1.165, 1.54) is 0 Å². The molecule has 7 heteroatoms. The molecule has 29 heavy (non-hydrogen) atoms. The number of nitrogens with zero attached hydrogens (tertiary/aromatic N) is 3. The number of carbonyl (C=O) groups is 1. The van der Waals surface area contributed by atoms with Crippen LogP contribution in [0.5, 0.6) is 11.5 Å². The van der Waals surface area contributed by atoms with Gasteiger partial charge in [-0.25, -0.2) is 4.68 Å². The lowest BCUT2D eigenvalue weighted by Gasteiger charge is -2.27. The molecule has 0 saturated heterocycles. The molecule has 1 aliphatic heterocycles. The molecule has 1 amide bonds. The maximum atomic E-state index is 13.0. The topological polar surface area (TPSA) is 78.3 Å². The van der Waals surface area contributed by atoms with Gasteiger partial charge in [-0.2, -0.15) is 0 Å². The Morgan fingerprint density at radius 2 is 2.03 bits per heavy atom. The number of aryl methyl sites for hydroxylation is 1. The van der Waals surface area contributed by atoms with Gasteiger partial charge in [0.1, 0.15) is 11.5 Å². The lowest BCUT2D eigenvalue weighted by Crippen LogP contribution is -2.32. The molecule has 0 radical (unpaired) electrons. The van der Waals surface area contributed by atoms with Gasteiger partial charge in [0, 0.05) is 12.0 Å². The Bertz CT molecular complexity index is 1030. The van der Waals surface area contributed by atoms with E-state index in [9.17, 15) is 4.79 Å². The average molecular weight is 392 g/mol. The van der Waals surface area contributed by atoms with Gasteiger partial charge < -0.3 is 14.8 Å². The minimum absolute atomic E-state index is 0.171. The Kier molecular flexibility index (Phi) is 5.20. The number of fused-ring (bicyclic) bond motifs is 1. The lowest BCUT2D eigenvalue weighted by atomic mass is 10.00. The van der Waals surface area contributed by atoms with Crippen LogP contribution in [0.3, 0.4) is 0 Å². The molecule has 7 nitrogen and oxygen atoms in total. The number of nitrogens with one attached hydrogen (secondary N) is 1. The first-order valence-corrected chi connectivity index (χ1v) is 9.76. The van der Waals surface area contributed by atoms with Crippen molar-refractivity contribution in [2.45, 2.75) is 33.2 Å². The molecule has 4 rings (SSSR count). The number of aromatic nitrogens is 3. The number of hydrogen-bond donors (Lipinski definition) is 1. The maximum absolute atomic E-state index is 13.0. The van der Waals surface area contributed by atoms with Crippen molar-refractivity contribution in [1.82, 2.24) is 20.3 Å². The van der Waals surface area contributed by atoms with E-state index in [0.29, 0.717) is 31.0 Å². The third-order valence-electron chi connectivity index (χ3n) is 5.03. The van der Waals surface area contributed by atoms with E-state index in [-0.39, 0.29) is 11.9 Å². The largest absolute Gasteiger partial charge is 0.494 e. The molecule has 2 heterocycles. The first kappa shape index (κ1) is 19.0. The number of ether oxygens (including phenoxy) is 2. The van der Waals surface area contributed by atoms with Gasteiger partial charge in [-0.05, 0) is 51.1 Å². The summed E-state index contributed by atoms with van der Waals surface area (Å²) in [5.74, 6) is 1.28. The fourth-order valence-corrected chi connectivity index (χ4v) is 3.48. The van der Waals surface area contributed by atoms with Gasteiger partial charge in [-0.3, -0.25) is 4.79 Å². The molecular formula is C22H24N4O3. The Balaban J connectivity index is 1.57. The van der Waals surface area contributed by atoms with Gasteiger partial charge in [-0.15, -0.1) is 5.10 Å². The zero-order valence-electron chi connectivity index (χ0n) is 16.8. The molecule has 0 saturated carbocycles.